The molecule has 1 aromatic carbocycles. The van der Waals surface area contributed by atoms with E-state index in [0.717, 1.165) is 36.6 Å². The summed E-state index contributed by atoms with van der Waals surface area (Å²) in [5.41, 5.74) is 1.09. The maximum Gasteiger partial charge on any atom is 0.243 e. The van der Waals surface area contributed by atoms with E-state index in [1.807, 2.05) is 19.1 Å². The minimum Gasteiger partial charge on any atom is -0.207 e. The van der Waals surface area contributed by atoms with E-state index < -0.39 is 10.0 Å². The smallest absolute Gasteiger partial charge is 0.207 e. The molecule has 1 saturated carbocycles. The molecule has 3 nitrogen and oxygen atoms in total. The highest BCUT2D eigenvalue weighted by atomic mass is 79.9. The van der Waals surface area contributed by atoms with Gasteiger partial charge in [0.25, 0.3) is 0 Å². The molecule has 19 heavy (non-hydrogen) atoms. The Labute approximate surface area is 124 Å². The van der Waals surface area contributed by atoms with Crippen molar-refractivity contribution in [3.8, 4) is 0 Å². The van der Waals surface area contributed by atoms with E-state index in [1.54, 1.807) is 16.4 Å². The molecule has 2 rings (SSSR count). The van der Waals surface area contributed by atoms with E-state index in [9.17, 15) is 8.42 Å². The van der Waals surface area contributed by atoms with E-state index >= 15 is 0 Å². The highest BCUT2D eigenvalue weighted by Crippen LogP contribution is 2.28. The van der Waals surface area contributed by atoms with Crippen molar-refractivity contribution < 1.29 is 8.42 Å². The van der Waals surface area contributed by atoms with Crippen LogP contribution in [0, 0.1) is 0 Å². The van der Waals surface area contributed by atoms with Gasteiger partial charge in [0.05, 0.1) is 4.90 Å². The largest absolute Gasteiger partial charge is 0.243 e. The lowest BCUT2D eigenvalue weighted by molar-refractivity contribution is 0.335. The minimum atomic E-state index is -3.34. The second-order valence-corrected chi connectivity index (χ2v) is 7.38. The first-order valence-corrected chi connectivity index (χ1v) is 9.32. The standard InChI is InChI=1S/C14H20BrNO2S/c1-2-16(13-5-3-4-6-13)19(17,18)14-9-7-12(11-15)8-10-14/h7-10,13H,2-6,11H2,1H3. The molecular weight excluding hydrogens is 326 g/mol. The van der Waals surface area contributed by atoms with Gasteiger partial charge in [-0.2, -0.15) is 4.31 Å². The molecule has 0 aromatic heterocycles. The molecular formula is C14H20BrNO2S. The summed E-state index contributed by atoms with van der Waals surface area (Å²) in [7, 11) is -3.34. The number of sulfonamides is 1. The van der Waals surface area contributed by atoms with Gasteiger partial charge in [-0.1, -0.05) is 47.8 Å². The highest BCUT2D eigenvalue weighted by Gasteiger charge is 2.31. The molecule has 106 valence electrons. The maximum atomic E-state index is 12.7. The molecule has 1 aromatic rings. The lowest BCUT2D eigenvalue weighted by Gasteiger charge is -2.26. The summed E-state index contributed by atoms with van der Waals surface area (Å²) in [4.78, 5) is 0.408. The van der Waals surface area contributed by atoms with E-state index in [-0.39, 0.29) is 6.04 Å². The zero-order valence-corrected chi connectivity index (χ0v) is 13.6. The number of alkyl halides is 1. The van der Waals surface area contributed by atoms with Crippen molar-refractivity contribution >= 4 is 26.0 Å². The second kappa shape index (κ2) is 6.37. The van der Waals surface area contributed by atoms with Gasteiger partial charge in [-0.05, 0) is 30.5 Å². The molecule has 0 heterocycles. The number of benzene rings is 1. The molecule has 0 unspecified atom stereocenters. The summed E-state index contributed by atoms with van der Waals surface area (Å²) in [6, 6.07) is 7.34. The summed E-state index contributed by atoms with van der Waals surface area (Å²) in [6.07, 6.45) is 4.26. The molecule has 0 saturated heterocycles. The van der Waals surface area contributed by atoms with Crippen LogP contribution in [0.1, 0.15) is 38.2 Å². The molecule has 0 atom stereocenters. The van der Waals surface area contributed by atoms with Gasteiger partial charge in [0, 0.05) is 17.9 Å². The van der Waals surface area contributed by atoms with Gasteiger partial charge in [-0.25, -0.2) is 8.42 Å². The Kier molecular flexibility index (Phi) is 5.03. The Morgan fingerprint density at radius 1 is 1.21 bits per heavy atom. The van der Waals surface area contributed by atoms with Crippen LogP contribution in [0.5, 0.6) is 0 Å². The first-order valence-electron chi connectivity index (χ1n) is 6.76. The first kappa shape index (κ1) is 15.0. The van der Waals surface area contributed by atoms with Gasteiger partial charge in [0.15, 0.2) is 0 Å². The average molecular weight is 346 g/mol. The fourth-order valence-corrected chi connectivity index (χ4v) is 4.77. The summed E-state index contributed by atoms with van der Waals surface area (Å²) < 4.78 is 27.0. The van der Waals surface area contributed by atoms with Gasteiger partial charge < -0.3 is 0 Å². The zero-order chi connectivity index (χ0) is 13.9. The van der Waals surface area contributed by atoms with Crippen LogP contribution in [0.25, 0.3) is 0 Å². The molecule has 0 radical (unpaired) electrons. The molecule has 0 bridgehead atoms. The Hall–Kier alpha value is -0.390. The van der Waals surface area contributed by atoms with Gasteiger partial charge in [0.2, 0.25) is 10.0 Å². The van der Waals surface area contributed by atoms with Gasteiger partial charge in [-0.15, -0.1) is 0 Å². The third kappa shape index (κ3) is 3.20. The van der Waals surface area contributed by atoms with Crippen LogP contribution in [0.15, 0.2) is 29.2 Å². The molecule has 1 fully saturated rings. The van der Waals surface area contributed by atoms with Gasteiger partial charge in [0.1, 0.15) is 0 Å². The van der Waals surface area contributed by atoms with E-state index in [2.05, 4.69) is 15.9 Å². The van der Waals surface area contributed by atoms with Crippen molar-refractivity contribution in [2.75, 3.05) is 6.54 Å². The van der Waals surface area contributed by atoms with Crippen molar-refractivity contribution in [2.24, 2.45) is 0 Å². The summed E-state index contributed by atoms with van der Waals surface area (Å²) in [6.45, 7) is 2.47. The fourth-order valence-electron chi connectivity index (χ4n) is 2.70. The summed E-state index contributed by atoms with van der Waals surface area (Å²) >= 11 is 3.37. The van der Waals surface area contributed by atoms with Crippen molar-refractivity contribution in [3.63, 3.8) is 0 Å². The Morgan fingerprint density at radius 3 is 2.26 bits per heavy atom. The number of hydrogen-bond acceptors (Lipinski definition) is 2. The molecule has 0 spiro atoms. The van der Waals surface area contributed by atoms with Crippen molar-refractivity contribution in [3.05, 3.63) is 29.8 Å². The Bertz CT molecular complexity index is 507. The first-order chi connectivity index (χ1) is 9.09. The van der Waals surface area contributed by atoms with E-state index in [0.29, 0.717) is 11.4 Å². The zero-order valence-electron chi connectivity index (χ0n) is 11.2. The second-order valence-electron chi connectivity index (χ2n) is 4.92. The normalized spacial score (nSPS) is 17.2. The maximum absolute atomic E-state index is 12.7. The van der Waals surface area contributed by atoms with Crippen molar-refractivity contribution in [2.45, 2.75) is 48.9 Å². The lowest BCUT2D eigenvalue weighted by Crippen LogP contribution is -2.38. The molecule has 1 aliphatic rings. The van der Waals surface area contributed by atoms with Crippen LogP contribution < -0.4 is 0 Å². The number of hydrogen-bond donors (Lipinski definition) is 0. The van der Waals surface area contributed by atoms with Crippen LogP contribution in [0.4, 0.5) is 0 Å². The molecule has 5 heteroatoms. The summed E-state index contributed by atoms with van der Waals surface area (Å²) in [5.74, 6) is 0. The van der Waals surface area contributed by atoms with Crippen LogP contribution in [-0.2, 0) is 15.4 Å². The van der Waals surface area contributed by atoms with Gasteiger partial charge in [-0.3, -0.25) is 0 Å². The number of halogens is 1. The number of nitrogens with zero attached hydrogens (tertiary/aromatic N) is 1. The van der Waals surface area contributed by atoms with E-state index in [4.69, 9.17) is 0 Å². The fraction of sp³-hybridized carbons (Fsp3) is 0.571. The van der Waals surface area contributed by atoms with Crippen LogP contribution in [0.2, 0.25) is 0 Å². The number of rotatable bonds is 5. The van der Waals surface area contributed by atoms with Crippen LogP contribution in [-0.4, -0.2) is 25.3 Å². The van der Waals surface area contributed by atoms with Gasteiger partial charge >= 0.3 is 0 Å². The van der Waals surface area contributed by atoms with Crippen molar-refractivity contribution in [1.29, 1.82) is 0 Å². The molecule has 0 N–H and O–H groups in total. The predicted octanol–water partition coefficient (Wildman–Crippen LogP) is 3.53. The molecule has 0 aliphatic heterocycles. The monoisotopic (exact) mass is 345 g/mol. The Balaban J connectivity index is 2.27. The van der Waals surface area contributed by atoms with Crippen LogP contribution >= 0.6 is 15.9 Å². The third-order valence-electron chi connectivity index (χ3n) is 3.73. The minimum absolute atomic E-state index is 0.186. The topological polar surface area (TPSA) is 37.4 Å². The quantitative estimate of drug-likeness (QED) is 0.765. The molecule has 0 amide bonds. The molecule has 1 aliphatic carbocycles. The van der Waals surface area contributed by atoms with Crippen LogP contribution in [0.3, 0.4) is 0 Å². The SMILES string of the molecule is CCN(C1CCCC1)S(=O)(=O)c1ccc(CBr)cc1. The lowest BCUT2D eigenvalue weighted by atomic mass is 10.2. The highest BCUT2D eigenvalue weighted by molar-refractivity contribution is 9.08. The van der Waals surface area contributed by atoms with Crippen molar-refractivity contribution in [1.82, 2.24) is 4.31 Å². The van der Waals surface area contributed by atoms with E-state index in [1.165, 1.54) is 0 Å². The average Bonchev–Trinajstić information content (AvgIpc) is 2.93. The third-order valence-corrected chi connectivity index (χ3v) is 6.42. The Morgan fingerprint density at radius 2 is 1.79 bits per heavy atom. The predicted molar refractivity (Wildman–Crippen MR) is 80.9 cm³/mol. The summed E-state index contributed by atoms with van der Waals surface area (Å²) in [5, 5.41) is 0.743.